The van der Waals surface area contributed by atoms with E-state index >= 15 is 0 Å². The molecule has 3 nitrogen and oxygen atoms in total. The lowest BCUT2D eigenvalue weighted by Crippen LogP contribution is -2.18. The standard InChI is InChI=1S/C4H8O3/c5-1-3(6)4-2-7-4/h3-6H,1-2H2/t3-,4-/m1/s1. The molecule has 0 unspecified atom stereocenters. The summed E-state index contributed by atoms with van der Waals surface area (Å²) in [6, 6.07) is 0. The molecule has 7 heavy (non-hydrogen) atoms. The normalized spacial score (nSPS) is 32.6. The number of ether oxygens (including phenoxy) is 1. The Morgan fingerprint density at radius 2 is 2.43 bits per heavy atom. The van der Waals surface area contributed by atoms with Gasteiger partial charge in [-0.3, -0.25) is 0 Å². The summed E-state index contributed by atoms with van der Waals surface area (Å²) in [6.07, 6.45) is -0.731. The van der Waals surface area contributed by atoms with Crippen molar-refractivity contribution in [2.24, 2.45) is 0 Å². The van der Waals surface area contributed by atoms with Crippen LogP contribution in [0.3, 0.4) is 0 Å². The number of hydrogen-bond acceptors (Lipinski definition) is 3. The summed E-state index contributed by atoms with van der Waals surface area (Å²) in [5.41, 5.74) is 0. The van der Waals surface area contributed by atoms with Crippen molar-refractivity contribution in [2.45, 2.75) is 12.2 Å². The SMILES string of the molecule is OC[C@@H](O)[C@H]1CO1. The van der Waals surface area contributed by atoms with Gasteiger partial charge in [0.05, 0.1) is 13.2 Å². The Bertz CT molecular complexity index is 60.0. The quantitative estimate of drug-likeness (QED) is 0.430. The van der Waals surface area contributed by atoms with Crippen LogP contribution in [0.5, 0.6) is 0 Å². The summed E-state index contributed by atoms with van der Waals surface area (Å²) >= 11 is 0. The van der Waals surface area contributed by atoms with Crippen molar-refractivity contribution < 1.29 is 14.9 Å². The first-order valence-corrected chi connectivity index (χ1v) is 2.25. The summed E-state index contributed by atoms with van der Waals surface area (Å²) in [4.78, 5) is 0. The highest BCUT2D eigenvalue weighted by atomic mass is 16.6. The zero-order chi connectivity index (χ0) is 5.28. The van der Waals surface area contributed by atoms with Crippen molar-refractivity contribution in [3.63, 3.8) is 0 Å². The van der Waals surface area contributed by atoms with Gasteiger partial charge in [-0.25, -0.2) is 0 Å². The molecule has 1 saturated heterocycles. The lowest BCUT2D eigenvalue weighted by atomic mass is 10.3. The highest BCUT2D eigenvalue weighted by Crippen LogP contribution is 2.12. The molecular weight excluding hydrogens is 96.0 g/mol. The predicted molar refractivity (Wildman–Crippen MR) is 22.8 cm³/mol. The first-order chi connectivity index (χ1) is 3.34. The van der Waals surface area contributed by atoms with Gasteiger partial charge in [-0.05, 0) is 0 Å². The summed E-state index contributed by atoms with van der Waals surface area (Å²) in [5.74, 6) is 0. The number of epoxide rings is 1. The molecule has 1 aliphatic heterocycles. The van der Waals surface area contributed by atoms with Gasteiger partial charge in [0.1, 0.15) is 12.2 Å². The Morgan fingerprint density at radius 1 is 1.86 bits per heavy atom. The van der Waals surface area contributed by atoms with Crippen molar-refractivity contribution >= 4 is 0 Å². The van der Waals surface area contributed by atoms with Gasteiger partial charge in [0, 0.05) is 0 Å². The van der Waals surface area contributed by atoms with Gasteiger partial charge in [0.25, 0.3) is 0 Å². The van der Waals surface area contributed by atoms with Crippen LogP contribution in [0.15, 0.2) is 0 Å². The Labute approximate surface area is 41.5 Å². The van der Waals surface area contributed by atoms with E-state index in [2.05, 4.69) is 4.74 Å². The summed E-state index contributed by atoms with van der Waals surface area (Å²) in [5, 5.41) is 16.8. The van der Waals surface area contributed by atoms with E-state index in [1.807, 2.05) is 0 Å². The molecule has 0 radical (unpaired) electrons. The third-order valence-electron chi connectivity index (χ3n) is 0.975. The second-order valence-corrected chi connectivity index (χ2v) is 1.62. The van der Waals surface area contributed by atoms with Gasteiger partial charge in [-0.2, -0.15) is 0 Å². The lowest BCUT2D eigenvalue weighted by Gasteiger charge is -1.97. The van der Waals surface area contributed by atoms with E-state index in [0.29, 0.717) is 6.61 Å². The van der Waals surface area contributed by atoms with Gasteiger partial charge in [0.2, 0.25) is 0 Å². The predicted octanol–water partition coefficient (Wildman–Crippen LogP) is -1.26. The van der Waals surface area contributed by atoms with Crippen LogP contribution in [-0.2, 0) is 4.74 Å². The molecule has 0 spiro atoms. The van der Waals surface area contributed by atoms with Crippen LogP contribution in [0.25, 0.3) is 0 Å². The summed E-state index contributed by atoms with van der Waals surface area (Å²) in [6.45, 7) is 0.409. The second-order valence-electron chi connectivity index (χ2n) is 1.62. The molecule has 0 aromatic heterocycles. The average Bonchev–Trinajstić information content (AvgIpc) is 2.44. The third kappa shape index (κ3) is 1.12. The van der Waals surface area contributed by atoms with Crippen molar-refractivity contribution in [3.8, 4) is 0 Å². The molecule has 0 aromatic rings. The summed E-state index contributed by atoms with van der Waals surface area (Å²) in [7, 11) is 0. The number of aliphatic hydroxyl groups is 2. The molecule has 0 bridgehead atoms. The number of aliphatic hydroxyl groups excluding tert-OH is 2. The minimum absolute atomic E-state index is 0.0787. The number of rotatable bonds is 2. The average molecular weight is 104 g/mol. The highest BCUT2D eigenvalue weighted by Gasteiger charge is 2.30. The molecule has 0 amide bonds. The van der Waals surface area contributed by atoms with Crippen LogP contribution in [0.2, 0.25) is 0 Å². The van der Waals surface area contributed by atoms with Crippen LogP contribution in [0.4, 0.5) is 0 Å². The third-order valence-corrected chi connectivity index (χ3v) is 0.975. The van der Waals surface area contributed by atoms with Crippen molar-refractivity contribution in [2.75, 3.05) is 13.2 Å². The fraction of sp³-hybridized carbons (Fsp3) is 1.00. The Hall–Kier alpha value is -0.120. The molecule has 1 heterocycles. The monoisotopic (exact) mass is 104 g/mol. The van der Waals surface area contributed by atoms with E-state index in [0.717, 1.165) is 0 Å². The van der Waals surface area contributed by atoms with E-state index in [1.54, 1.807) is 0 Å². The molecule has 2 N–H and O–H groups in total. The zero-order valence-electron chi connectivity index (χ0n) is 3.87. The Kier molecular flexibility index (Phi) is 1.27. The van der Waals surface area contributed by atoms with Gasteiger partial charge >= 0.3 is 0 Å². The molecule has 0 saturated carbocycles. The largest absolute Gasteiger partial charge is 0.394 e. The van der Waals surface area contributed by atoms with Crippen LogP contribution in [-0.4, -0.2) is 35.6 Å². The maximum absolute atomic E-state index is 8.62. The zero-order valence-corrected chi connectivity index (χ0v) is 3.87. The molecule has 3 heteroatoms. The van der Waals surface area contributed by atoms with Gasteiger partial charge < -0.3 is 14.9 Å². The molecule has 42 valence electrons. The maximum atomic E-state index is 8.62. The van der Waals surface area contributed by atoms with E-state index in [9.17, 15) is 0 Å². The highest BCUT2D eigenvalue weighted by molar-refractivity contribution is 4.76. The first kappa shape index (κ1) is 5.03. The Morgan fingerprint density at radius 3 is 2.57 bits per heavy atom. The fourth-order valence-electron chi connectivity index (χ4n) is 0.395. The topological polar surface area (TPSA) is 53.0 Å². The smallest absolute Gasteiger partial charge is 0.109 e. The minimum Gasteiger partial charge on any atom is -0.394 e. The first-order valence-electron chi connectivity index (χ1n) is 2.25. The van der Waals surface area contributed by atoms with E-state index in [4.69, 9.17) is 10.2 Å². The van der Waals surface area contributed by atoms with Crippen molar-refractivity contribution in [1.82, 2.24) is 0 Å². The van der Waals surface area contributed by atoms with Crippen LogP contribution < -0.4 is 0 Å². The van der Waals surface area contributed by atoms with Gasteiger partial charge in [0.15, 0.2) is 0 Å². The van der Waals surface area contributed by atoms with Crippen molar-refractivity contribution in [1.29, 1.82) is 0 Å². The van der Waals surface area contributed by atoms with Crippen molar-refractivity contribution in [3.05, 3.63) is 0 Å². The maximum Gasteiger partial charge on any atom is 0.109 e. The van der Waals surface area contributed by atoms with Crippen LogP contribution >= 0.6 is 0 Å². The molecule has 0 aliphatic carbocycles. The summed E-state index contributed by atoms with van der Waals surface area (Å²) < 4.78 is 4.65. The lowest BCUT2D eigenvalue weighted by molar-refractivity contribution is 0.0706. The fourth-order valence-corrected chi connectivity index (χ4v) is 0.395. The van der Waals surface area contributed by atoms with Crippen LogP contribution in [0.1, 0.15) is 0 Å². The molecule has 2 atom stereocenters. The van der Waals surface area contributed by atoms with Gasteiger partial charge in [-0.15, -0.1) is 0 Å². The Balaban J connectivity index is 2.10. The minimum atomic E-state index is -0.653. The molecular formula is C4H8O3. The molecule has 1 aliphatic rings. The number of hydrogen-bond donors (Lipinski definition) is 2. The second kappa shape index (κ2) is 1.78. The van der Waals surface area contributed by atoms with Gasteiger partial charge in [-0.1, -0.05) is 0 Å². The molecule has 1 fully saturated rings. The van der Waals surface area contributed by atoms with E-state index in [-0.39, 0.29) is 12.7 Å². The van der Waals surface area contributed by atoms with E-state index < -0.39 is 6.10 Å². The van der Waals surface area contributed by atoms with Crippen LogP contribution in [0, 0.1) is 0 Å². The molecule has 1 rings (SSSR count). The molecule has 0 aromatic carbocycles. The van der Waals surface area contributed by atoms with E-state index in [1.165, 1.54) is 0 Å².